The summed E-state index contributed by atoms with van der Waals surface area (Å²) >= 11 is 0. The van der Waals surface area contributed by atoms with Crippen molar-refractivity contribution < 1.29 is 9.90 Å². The summed E-state index contributed by atoms with van der Waals surface area (Å²) < 4.78 is 0. The molecule has 0 bridgehead atoms. The molecule has 2 atom stereocenters. The van der Waals surface area contributed by atoms with E-state index in [9.17, 15) is 4.79 Å². The molecule has 0 spiro atoms. The fourth-order valence-electron chi connectivity index (χ4n) is 2.78. The number of piperazine rings is 1. The van der Waals surface area contributed by atoms with Crippen LogP contribution in [0.15, 0.2) is 12.4 Å². The van der Waals surface area contributed by atoms with E-state index in [2.05, 4.69) is 14.9 Å². The van der Waals surface area contributed by atoms with Gasteiger partial charge in [-0.3, -0.25) is 0 Å². The van der Waals surface area contributed by atoms with Crippen LogP contribution in [0.3, 0.4) is 0 Å². The number of aromatic nitrogens is 2. The molecule has 1 aliphatic carbocycles. The third kappa shape index (κ3) is 2.42. The van der Waals surface area contributed by atoms with Crippen LogP contribution in [-0.4, -0.2) is 51.2 Å². The number of carbonyl (C=O) groups is 1. The molecule has 20 heavy (non-hydrogen) atoms. The molecule has 1 unspecified atom stereocenters. The normalized spacial score (nSPS) is 26.7. The van der Waals surface area contributed by atoms with Crippen molar-refractivity contribution in [2.75, 3.05) is 18.0 Å². The predicted octanol–water partition coefficient (Wildman–Crippen LogP) is 1.93. The molecule has 1 N–H and O–H groups in total. The van der Waals surface area contributed by atoms with Crippen LogP contribution in [0, 0.1) is 0 Å². The number of amides is 1. The number of carboxylic acid groups (broad SMARTS) is 1. The Bertz CT molecular complexity index is 500. The first-order chi connectivity index (χ1) is 9.56. The SMILES string of the molecule is CC1CN(C(=O)O)[C@H](C)CN1c1ncc(C2CC2)cn1. The minimum absolute atomic E-state index is 0.0459. The largest absolute Gasteiger partial charge is 0.465 e. The number of nitrogens with zero attached hydrogens (tertiary/aromatic N) is 4. The van der Waals surface area contributed by atoms with Crippen molar-refractivity contribution in [1.29, 1.82) is 0 Å². The molecule has 1 amide bonds. The molecule has 6 heteroatoms. The lowest BCUT2D eigenvalue weighted by Crippen LogP contribution is -2.58. The summed E-state index contributed by atoms with van der Waals surface area (Å²) in [6, 6.07) is 0.0458. The summed E-state index contributed by atoms with van der Waals surface area (Å²) in [5.41, 5.74) is 1.22. The Hall–Kier alpha value is -1.85. The van der Waals surface area contributed by atoms with Crippen LogP contribution in [0.2, 0.25) is 0 Å². The Balaban J connectivity index is 1.74. The van der Waals surface area contributed by atoms with Crippen molar-refractivity contribution in [2.24, 2.45) is 0 Å². The average molecular weight is 276 g/mol. The lowest BCUT2D eigenvalue weighted by atomic mass is 10.1. The number of anilines is 1. The molecule has 3 rings (SSSR count). The second kappa shape index (κ2) is 4.92. The Morgan fingerprint density at radius 1 is 1.20 bits per heavy atom. The highest BCUT2D eigenvalue weighted by Crippen LogP contribution is 2.39. The first kappa shape index (κ1) is 13.1. The van der Waals surface area contributed by atoms with Gasteiger partial charge < -0.3 is 14.9 Å². The molecule has 1 aliphatic heterocycles. The fraction of sp³-hybridized carbons (Fsp3) is 0.643. The van der Waals surface area contributed by atoms with Crippen molar-refractivity contribution >= 4 is 12.0 Å². The van der Waals surface area contributed by atoms with Crippen LogP contribution in [-0.2, 0) is 0 Å². The quantitative estimate of drug-likeness (QED) is 0.893. The van der Waals surface area contributed by atoms with Crippen LogP contribution in [0.1, 0.15) is 38.2 Å². The van der Waals surface area contributed by atoms with Gasteiger partial charge >= 0.3 is 6.09 Å². The van der Waals surface area contributed by atoms with Gasteiger partial charge in [0.05, 0.1) is 0 Å². The predicted molar refractivity (Wildman–Crippen MR) is 75.0 cm³/mol. The van der Waals surface area contributed by atoms with Crippen LogP contribution in [0.25, 0.3) is 0 Å². The van der Waals surface area contributed by atoms with E-state index in [0.717, 1.165) is 0 Å². The number of hydrogen-bond donors (Lipinski definition) is 1. The van der Waals surface area contributed by atoms with Crippen LogP contribution < -0.4 is 4.90 Å². The first-order valence-electron chi connectivity index (χ1n) is 7.14. The van der Waals surface area contributed by atoms with Crippen molar-refractivity contribution in [3.63, 3.8) is 0 Å². The molecule has 1 saturated carbocycles. The highest BCUT2D eigenvalue weighted by Gasteiger charge is 2.33. The number of hydrogen-bond acceptors (Lipinski definition) is 4. The van der Waals surface area contributed by atoms with E-state index in [0.29, 0.717) is 25.0 Å². The highest BCUT2D eigenvalue weighted by atomic mass is 16.4. The van der Waals surface area contributed by atoms with Gasteiger partial charge in [-0.05, 0) is 38.2 Å². The fourth-order valence-corrected chi connectivity index (χ4v) is 2.78. The standard InChI is InChI=1S/C14H20N4O2/c1-9-8-18(14(19)20)10(2)7-17(9)13-15-5-12(6-16-13)11-3-4-11/h5-6,9-11H,3-4,7-8H2,1-2H3,(H,19,20)/t9?,10-/m1/s1. The minimum atomic E-state index is -0.853. The highest BCUT2D eigenvalue weighted by molar-refractivity contribution is 5.66. The molecule has 1 aromatic rings. The van der Waals surface area contributed by atoms with E-state index in [-0.39, 0.29) is 12.1 Å². The van der Waals surface area contributed by atoms with E-state index in [1.54, 1.807) is 0 Å². The summed E-state index contributed by atoms with van der Waals surface area (Å²) in [5.74, 6) is 1.36. The molecule has 1 saturated heterocycles. The van der Waals surface area contributed by atoms with E-state index < -0.39 is 6.09 Å². The van der Waals surface area contributed by atoms with Gasteiger partial charge in [-0.25, -0.2) is 14.8 Å². The maximum atomic E-state index is 11.2. The van der Waals surface area contributed by atoms with Gasteiger partial charge in [0.25, 0.3) is 0 Å². The van der Waals surface area contributed by atoms with Gasteiger partial charge in [0.1, 0.15) is 0 Å². The van der Waals surface area contributed by atoms with E-state index in [1.165, 1.54) is 23.3 Å². The zero-order valence-electron chi connectivity index (χ0n) is 11.9. The lowest BCUT2D eigenvalue weighted by Gasteiger charge is -2.42. The second-order valence-electron chi connectivity index (χ2n) is 5.88. The molecule has 108 valence electrons. The maximum Gasteiger partial charge on any atom is 0.407 e. The second-order valence-corrected chi connectivity index (χ2v) is 5.88. The van der Waals surface area contributed by atoms with Crippen molar-refractivity contribution in [1.82, 2.24) is 14.9 Å². The summed E-state index contributed by atoms with van der Waals surface area (Å²) in [4.78, 5) is 23.7. The van der Waals surface area contributed by atoms with Gasteiger partial charge in [0.15, 0.2) is 0 Å². The van der Waals surface area contributed by atoms with Gasteiger partial charge in [0, 0.05) is 37.6 Å². The van der Waals surface area contributed by atoms with Gasteiger partial charge in [-0.1, -0.05) is 0 Å². The Morgan fingerprint density at radius 3 is 2.40 bits per heavy atom. The van der Waals surface area contributed by atoms with Crippen molar-refractivity contribution in [2.45, 2.75) is 44.7 Å². The number of rotatable bonds is 2. The maximum absolute atomic E-state index is 11.2. The average Bonchev–Trinajstić information content (AvgIpc) is 3.25. The first-order valence-corrected chi connectivity index (χ1v) is 7.14. The van der Waals surface area contributed by atoms with Crippen LogP contribution in [0.5, 0.6) is 0 Å². The summed E-state index contributed by atoms with van der Waals surface area (Å²) in [6.45, 7) is 5.06. The molecule has 1 aromatic heterocycles. The zero-order chi connectivity index (χ0) is 14.3. The summed E-state index contributed by atoms with van der Waals surface area (Å²) in [5, 5.41) is 9.16. The van der Waals surface area contributed by atoms with Gasteiger partial charge in [0.2, 0.25) is 5.95 Å². The smallest absolute Gasteiger partial charge is 0.407 e. The lowest BCUT2D eigenvalue weighted by molar-refractivity contribution is 0.114. The molecule has 6 nitrogen and oxygen atoms in total. The molecule has 2 fully saturated rings. The summed E-state index contributed by atoms with van der Waals surface area (Å²) in [7, 11) is 0. The van der Waals surface area contributed by atoms with Gasteiger partial charge in [-0.2, -0.15) is 0 Å². The zero-order valence-corrected chi connectivity index (χ0v) is 11.9. The minimum Gasteiger partial charge on any atom is -0.465 e. The van der Waals surface area contributed by atoms with Crippen molar-refractivity contribution in [3.05, 3.63) is 18.0 Å². The van der Waals surface area contributed by atoms with E-state index in [1.807, 2.05) is 26.2 Å². The molecule has 2 aliphatic rings. The third-order valence-corrected chi connectivity index (χ3v) is 4.20. The molecular formula is C14H20N4O2. The van der Waals surface area contributed by atoms with Crippen molar-refractivity contribution in [3.8, 4) is 0 Å². The van der Waals surface area contributed by atoms with E-state index >= 15 is 0 Å². The molecule has 2 heterocycles. The third-order valence-electron chi connectivity index (χ3n) is 4.20. The Morgan fingerprint density at radius 2 is 1.85 bits per heavy atom. The van der Waals surface area contributed by atoms with Crippen LogP contribution >= 0.6 is 0 Å². The van der Waals surface area contributed by atoms with E-state index in [4.69, 9.17) is 5.11 Å². The monoisotopic (exact) mass is 276 g/mol. The van der Waals surface area contributed by atoms with Gasteiger partial charge in [-0.15, -0.1) is 0 Å². The molecule has 0 radical (unpaired) electrons. The summed E-state index contributed by atoms with van der Waals surface area (Å²) in [6.07, 6.45) is 5.47. The van der Waals surface area contributed by atoms with Crippen LogP contribution in [0.4, 0.5) is 10.7 Å². The Kier molecular flexibility index (Phi) is 3.23. The topological polar surface area (TPSA) is 69.6 Å². The molecular weight excluding hydrogens is 256 g/mol. The Labute approximate surface area is 118 Å². The molecule has 0 aromatic carbocycles.